The molecular weight excluding hydrogens is 226 g/mol. The summed E-state index contributed by atoms with van der Waals surface area (Å²) in [6.45, 7) is 5.30. The molecule has 1 heterocycles. The minimum Gasteiger partial charge on any atom is -0.508 e. The Balaban J connectivity index is 2.20. The summed E-state index contributed by atoms with van der Waals surface area (Å²) in [5, 5.41) is 10.2. The Morgan fingerprint density at radius 1 is 1.31 bits per heavy atom. The van der Waals surface area contributed by atoms with Crippen LogP contribution in [-0.4, -0.2) is 25.4 Å². The summed E-state index contributed by atoms with van der Waals surface area (Å²) in [6.07, 6.45) is 0. The van der Waals surface area contributed by atoms with Gasteiger partial charge in [0.1, 0.15) is 5.75 Å². The average Bonchev–Trinajstić information content (AvgIpc) is 2.20. The highest BCUT2D eigenvalue weighted by Gasteiger charge is 2.36. The second-order valence-corrected chi connectivity index (χ2v) is 5.20. The summed E-state index contributed by atoms with van der Waals surface area (Å²) in [7, 11) is -0.568. The van der Waals surface area contributed by atoms with E-state index in [-0.39, 0.29) is 11.2 Å². The molecule has 5 heteroatoms. The van der Waals surface area contributed by atoms with Crippen LogP contribution in [0, 0.1) is 5.41 Å². The highest BCUT2D eigenvalue weighted by molar-refractivity contribution is 6.66. The van der Waals surface area contributed by atoms with Crippen LogP contribution >= 0.6 is 11.6 Å². The van der Waals surface area contributed by atoms with Crippen LogP contribution in [0.25, 0.3) is 0 Å². The largest absolute Gasteiger partial charge is 0.508 e. The molecule has 1 aliphatic heterocycles. The molecule has 0 aliphatic carbocycles. The molecule has 0 unspecified atom stereocenters. The highest BCUT2D eigenvalue weighted by atomic mass is 35.5. The van der Waals surface area contributed by atoms with Crippen LogP contribution in [-0.2, 0) is 9.31 Å². The van der Waals surface area contributed by atoms with Gasteiger partial charge in [0.2, 0.25) is 0 Å². The predicted octanol–water partition coefficient (Wildman–Crippen LogP) is 1.81. The van der Waals surface area contributed by atoms with Gasteiger partial charge < -0.3 is 14.4 Å². The van der Waals surface area contributed by atoms with Crippen LogP contribution in [0.5, 0.6) is 5.75 Å². The molecule has 0 bridgehead atoms. The number of rotatable bonds is 1. The van der Waals surface area contributed by atoms with Gasteiger partial charge in [-0.15, -0.1) is 0 Å². The third-order valence-corrected chi connectivity index (χ3v) is 2.85. The van der Waals surface area contributed by atoms with Gasteiger partial charge in [-0.3, -0.25) is 0 Å². The zero-order valence-electron chi connectivity index (χ0n) is 9.37. The third-order valence-electron chi connectivity index (χ3n) is 2.52. The maximum absolute atomic E-state index is 9.73. The fourth-order valence-electron chi connectivity index (χ4n) is 1.62. The number of phenols is 1. The first-order valence-electron chi connectivity index (χ1n) is 5.20. The van der Waals surface area contributed by atoms with Crippen LogP contribution in [0.3, 0.4) is 0 Å². The topological polar surface area (TPSA) is 38.7 Å². The molecule has 0 amide bonds. The molecule has 1 aliphatic rings. The molecule has 1 aromatic rings. The van der Waals surface area contributed by atoms with Gasteiger partial charge in [0.25, 0.3) is 0 Å². The highest BCUT2D eigenvalue weighted by Crippen LogP contribution is 2.24. The smallest absolute Gasteiger partial charge is 0.499 e. The fraction of sp³-hybridized carbons (Fsp3) is 0.455. The van der Waals surface area contributed by atoms with Crippen LogP contribution in [0.15, 0.2) is 18.2 Å². The first kappa shape index (κ1) is 11.8. The lowest BCUT2D eigenvalue weighted by molar-refractivity contribution is 0.0341. The zero-order valence-corrected chi connectivity index (χ0v) is 10.1. The van der Waals surface area contributed by atoms with E-state index in [1.165, 1.54) is 0 Å². The third kappa shape index (κ3) is 2.34. The Morgan fingerprint density at radius 3 is 2.50 bits per heavy atom. The summed E-state index contributed by atoms with van der Waals surface area (Å²) in [5.41, 5.74) is 0.521. The molecule has 1 saturated heterocycles. The summed E-state index contributed by atoms with van der Waals surface area (Å²) >= 11 is 6.01. The van der Waals surface area contributed by atoms with E-state index in [1.54, 1.807) is 18.2 Å². The molecule has 16 heavy (non-hydrogen) atoms. The van der Waals surface area contributed by atoms with Crippen molar-refractivity contribution in [1.29, 1.82) is 0 Å². The molecule has 0 radical (unpaired) electrons. The average molecular weight is 240 g/mol. The first-order valence-corrected chi connectivity index (χ1v) is 5.58. The summed E-state index contributed by atoms with van der Waals surface area (Å²) < 4.78 is 11.1. The molecule has 0 atom stereocenters. The summed E-state index contributed by atoms with van der Waals surface area (Å²) in [5.74, 6) is 0.109. The standard InChI is InChI=1S/C11H14BClO3/c1-11(2)6-15-12(16-7-11)10-8(13)4-3-5-9(10)14/h3-5,14H,6-7H2,1-2H3. The molecule has 1 aromatic carbocycles. The zero-order chi connectivity index (χ0) is 11.8. The minimum absolute atomic E-state index is 0.00732. The van der Waals surface area contributed by atoms with E-state index in [0.29, 0.717) is 23.7 Å². The van der Waals surface area contributed by atoms with E-state index in [1.807, 2.05) is 0 Å². The summed E-state index contributed by atoms with van der Waals surface area (Å²) in [4.78, 5) is 0. The number of aromatic hydroxyl groups is 1. The van der Waals surface area contributed by atoms with Crippen molar-refractivity contribution in [3.05, 3.63) is 23.2 Å². The van der Waals surface area contributed by atoms with Gasteiger partial charge >= 0.3 is 7.12 Å². The molecular formula is C11H14BClO3. The molecule has 1 fully saturated rings. The molecule has 0 saturated carbocycles. The van der Waals surface area contributed by atoms with E-state index in [0.717, 1.165) is 0 Å². The maximum atomic E-state index is 9.73. The van der Waals surface area contributed by atoms with E-state index in [4.69, 9.17) is 20.9 Å². The Bertz CT molecular complexity index is 365. The summed E-state index contributed by atoms with van der Waals surface area (Å²) in [6, 6.07) is 4.98. The number of hydrogen-bond acceptors (Lipinski definition) is 3. The number of hydrogen-bond donors (Lipinski definition) is 1. The minimum atomic E-state index is -0.568. The maximum Gasteiger partial charge on any atom is 0.499 e. The van der Waals surface area contributed by atoms with Gasteiger partial charge in [-0.05, 0) is 12.1 Å². The lowest BCUT2D eigenvalue weighted by Gasteiger charge is -2.33. The van der Waals surface area contributed by atoms with Crippen molar-refractivity contribution in [3.8, 4) is 5.75 Å². The van der Waals surface area contributed by atoms with Crippen LogP contribution in [0.1, 0.15) is 13.8 Å². The van der Waals surface area contributed by atoms with Gasteiger partial charge in [-0.2, -0.15) is 0 Å². The SMILES string of the molecule is CC1(C)COB(c2c(O)cccc2Cl)OC1. The van der Waals surface area contributed by atoms with Gasteiger partial charge in [0.15, 0.2) is 0 Å². The van der Waals surface area contributed by atoms with Crippen molar-refractivity contribution in [2.24, 2.45) is 5.41 Å². The Hall–Kier alpha value is -0.705. The lowest BCUT2D eigenvalue weighted by atomic mass is 9.75. The van der Waals surface area contributed by atoms with E-state index in [2.05, 4.69) is 13.8 Å². The molecule has 1 N–H and O–H groups in total. The molecule has 0 spiro atoms. The van der Waals surface area contributed by atoms with E-state index in [9.17, 15) is 5.11 Å². The Labute approximate surface area is 100 Å². The van der Waals surface area contributed by atoms with Gasteiger partial charge in [-0.1, -0.05) is 31.5 Å². The van der Waals surface area contributed by atoms with Crippen LogP contribution < -0.4 is 5.46 Å². The van der Waals surface area contributed by atoms with Crippen molar-refractivity contribution < 1.29 is 14.4 Å². The monoisotopic (exact) mass is 240 g/mol. The van der Waals surface area contributed by atoms with Gasteiger partial charge in [0.05, 0.1) is 0 Å². The lowest BCUT2D eigenvalue weighted by Crippen LogP contribution is -2.47. The molecule has 3 nitrogen and oxygen atoms in total. The molecule has 0 aromatic heterocycles. The number of benzene rings is 1. The Morgan fingerprint density at radius 2 is 1.94 bits per heavy atom. The van der Waals surface area contributed by atoms with Crippen molar-refractivity contribution in [3.63, 3.8) is 0 Å². The first-order chi connectivity index (χ1) is 7.49. The second-order valence-electron chi connectivity index (χ2n) is 4.79. The molecule has 2 rings (SSSR count). The fourth-order valence-corrected chi connectivity index (χ4v) is 1.88. The van der Waals surface area contributed by atoms with Crippen molar-refractivity contribution >= 4 is 24.2 Å². The predicted molar refractivity (Wildman–Crippen MR) is 64.2 cm³/mol. The van der Waals surface area contributed by atoms with Crippen molar-refractivity contribution in [1.82, 2.24) is 0 Å². The number of halogens is 1. The van der Waals surface area contributed by atoms with E-state index >= 15 is 0 Å². The van der Waals surface area contributed by atoms with Gasteiger partial charge in [-0.25, -0.2) is 0 Å². The van der Waals surface area contributed by atoms with Gasteiger partial charge in [0, 0.05) is 29.1 Å². The van der Waals surface area contributed by atoms with Crippen molar-refractivity contribution in [2.45, 2.75) is 13.8 Å². The normalized spacial score (nSPS) is 19.8. The second kappa shape index (κ2) is 4.28. The van der Waals surface area contributed by atoms with Crippen LogP contribution in [0.4, 0.5) is 0 Å². The van der Waals surface area contributed by atoms with Crippen LogP contribution in [0.2, 0.25) is 5.02 Å². The Kier molecular flexibility index (Phi) is 3.15. The van der Waals surface area contributed by atoms with Crippen molar-refractivity contribution in [2.75, 3.05) is 13.2 Å². The number of phenolic OH excluding ortho intramolecular Hbond substituents is 1. The van der Waals surface area contributed by atoms with E-state index < -0.39 is 7.12 Å². The quantitative estimate of drug-likeness (QED) is 0.761. The molecule has 86 valence electrons.